The SMILES string of the molecule is CCN(CC)CCOc1cccc(C=C(C#N)C(=O)O)c1. The molecular formula is C16H20N2O3. The van der Waals surface area contributed by atoms with Gasteiger partial charge in [-0.2, -0.15) is 5.26 Å². The van der Waals surface area contributed by atoms with Crippen LogP contribution in [-0.4, -0.2) is 42.2 Å². The predicted octanol–water partition coefficient (Wildman–Crippen LogP) is 2.40. The van der Waals surface area contributed by atoms with Crippen molar-refractivity contribution in [3.63, 3.8) is 0 Å². The number of carbonyl (C=O) groups is 1. The monoisotopic (exact) mass is 288 g/mol. The molecule has 0 fully saturated rings. The Labute approximate surface area is 125 Å². The van der Waals surface area contributed by atoms with Crippen LogP contribution in [0.25, 0.3) is 6.08 Å². The van der Waals surface area contributed by atoms with E-state index in [0.29, 0.717) is 17.9 Å². The Bertz CT molecular complexity index is 543. The zero-order valence-corrected chi connectivity index (χ0v) is 12.4. The van der Waals surface area contributed by atoms with E-state index in [9.17, 15) is 4.79 Å². The summed E-state index contributed by atoms with van der Waals surface area (Å²) < 4.78 is 5.66. The first-order valence-electron chi connectivity index (χ1n) is 6.91. The normalized spacial score (nSPS) is 11.2. The van der Waals surface area contributed by atoms with Gasteiger partial charge >= 0.3 is 5.97 Å². The summed E-state index contributed by atoms with van der Waals surface area (Å²) in [4.78, 5) is 13.1. The second-order valence-corrected chi connectivity index (χ2v) is 4.42. The minimum Gasteiger partial charge on any atom is -0.492 e. The third kappa shape index (κ3) is 5.67. The van der Waals surface area contributed by atoms with Gasteiger partial charge in [0.25, 0.3) is 0 Å². The quantitative estimate of drug-likeness (QED) is 0.587. The third-order valence-electron chi connectivity index (χ3n) is 3.09. The minimum atomic E-state index is -1.23. The van der Waals surface area contributed by atoms with Crippen LogP contribution in [0.15, 0.2) is 29.8 Å². The average molecular weight is 288 g/mol. The number of ether oxygens (including phenoxy) is 1. The lowest BCUT2D eigenvalue weighted by Crippen LogP contribution is -2.27. The second-order valence-electron chi connectivity index (χ2n) is 4.42. The van der Waals surface area contributed by atoms with Crippen LogP contribution in [0.4, 0.5) is 0 Å². The van der Waals surface area contributed by atoms with Crippen molar-refractivity contribution in [2.24, 2.45) is 0 Å². The number of nitrogens with zero attached hydrogens (tertiary/aromatic N) is 2. The summed E-state index contributed by atoms with van der Waals surface area (Å²) in [7, 11) is 0. The van der Waals surface area contributed by atoms with E-state index in [0.717, 1.165) is 19.6 Å². The molecule has 0 amide bonds. The van der Waals surface area contributed by atoms with Gasteiger partial charge in [0.05, 0.1) is 0 Å². The van der Waals surface area contributed by atoms with E-state index in [1.54, 1.807) is 24.3 Å². The lowest BCUT2D eigenvalue weighted by Gasteiger charge is -2.18. The molecule has 21 heavy (non-hydrogen) atoms. The molecule has 5 heteroatoms. The molecule has 0 atom stereocenters. The number of hydrogen-bond donors (Lipinski definition) is 1. The van der Waals surface area contributed by atoms with Crippen molar-refractivity contribution in [1.82, 2.24) is 4.90 Å². The molecule has 0 bridgehead atoms. The Kier molecular flexibility index (Phi) is 6.99. The van der Waals surface area contributed by atoms with E-state index in [1.165, 1.54) is 6.08 Å². The Morgan fingerprint density at radius 1 is 1.43 bits per heavy atom. The molecule has 1 aromatic rings. The van der Waals surface area contributed by atoms with Crippen LogP contribution < -0.4 is 4.74 Å². The standard InChI is InChI=1S/C16H20N2O3/c1-3-18(4-2)8-9-21-15-7-5-6-13(11-15)10-14(12-17)16(19)20/h5-7,10-11H,3-4,8-9H2,1-2H3,(H,19,20). The van der Waals surface area contributed by atoms with Crippen molar-refractivity contribution < 1.29 is 14.6 Å². The molecule has 1 N–H and O–H groups in total. The maximum absolute atomic E-state index is 10.8. The molecule has 5 nitrogen and oxygen atoms in total. The van der Waals surface area contributed by atoms with Gasteiger partial charge in [0.2, 0.25) is 0 Å². The maximum Gasteiger partial charge on any atom is 0.346 e. The third-order valence-corrected chi connectivity index (χ3v) is 3.09. The van der Waals surface area contributed by atoms with Crippen molar-refractivity contribution in [3.05, 3.63) is 35.4 Å². The highest BCUT2D eigenvalue weighted by Crippen LogP contribution is 2.16. The molecule has 0 aliphatic rings. The lowest BCUT2D eigenvalue weighted by atomic mass is 10.1. The van der Waals surface area contributed by atoms with Crippen molar-refractivity contribution in [2.75, 3.05) is 26.2 Å². The molecule has 1 rings (SSSR count). The molecule has 0 heterocycles. The zero-order valence-electron chi connectivity index (χ0n) is 12.4. The smallest absolute Gasteiger partial charge is 0.346 e. The number of hydrogen-bond acceptors (Lipinski definition) is 4. The summed E-state index contributed by atoms with van der Waals surface area (Å²) >= 11 is 0. The van der Waals surface area contributed by atoms with Gasteiger partial charge in [0.1, 0.15) is 24.0 Å². The molecule has 0 spiro atoms. The highest BCUT2D eigenvalue weighted by molar-refractivity contribution is 5.96. The number of carboxylic acid groups (broad SMARTS) is 1. The highest BCUT2D eigenvalue weighted by Gasteiger charge is 2.06. The summed E-state index contributed by atoms with van der Waals surface area (Å²) in [6.45, 7) is 7.57. The molecule has 0 aliphatic heterocycles. The Balaban J connectivity index is 2.69. The Hall–Kier alpha value is -2.32. The number of benzene rings is 1. The fourth-order valence-corrected chi connectivity index (χ4v) is 1.84. The molecule has 1 aromatic carbocycles. The number of likely N-dealkylation sites (N-methyl/N-ethyl adjacent to an activating group) is 1. The van der Waals surface area contributed by atoms with Crippen LogP contribution in [0.1, 0.15) is 19.4 Å². The number of aliphatic carboxylic acids is 1. The van der Waals surface area contributed by atoms with Gasteiger partial charge in [-0.25, -0.2) is 4.79 Å². The molecular weight excluding hydrogens is 268 g/mol. The molecule has 112 valence electrons. The maximum atomic E-state index is 10.8. The van der Waals surface area contributed by atoms with Crippen LogP contribution >= 0.6 is 0 Å². The first kappa shape index (κ1) is 16.7. The van der Waals surface area contributed by atoms with Crippen LogP contribution in [0.3, 0.4) is 0 Å². The van der Waals surface area contributed by atoms with E-state index in [1.807, 2.05) is 6.07 Å². The fourth-order valence-electron chi connectivity index (χ4n) is 1.84. The summed E-state index contributed by atoms with van der Waals surface area (Å²) in [6, 6.07) is 8.70. The summed E-state index contributed by atoms with van der Waals surface area (Å²) in [5, 5.41) is 17.6. The zero-order chi connectivity index (χ0) is 15.7. The van der Waals surface area contributed by atoms with E-state index < -0.39 is 5.97 Å². The molecule has 0 aliphatic carbocycles. The minimum absolute atomic E-state index is 0.296. The van der Waals surface area contributed by atoms with Gasteiger partial charge in [-0.15, -0.1) is 0 Å². The molecule has 0 saturated heterocycles. The van der Waals surface area contributed by atoms with Gasteiger partial charge in [0.15, 0.2) is 0 Å². The van der Waals surface area contributed by atoms with Crippen LogP contribution in [0, 0.1) is 11.3 Å². The van der Waals surface area contributed by atoms with Crippen LogP contribution in [-0.2, 0) is 4.79 Å². The number of carboxylic acids is 1. The summed E-state index contributed by atoms with van der Waals surface area (Å²) in [5.74, 6) is -0.566. The van der Waals surface area contributed by atoms with Crippen molar-refractivity contribution in [3.8, 4) is 11.8 Å². The number of nitriles is 1. The van der Waals surface area contributed by atoms with E-state index in [-0.39, 0.29) is 5.57 Å². The van der Waals surface area contributed by atoms with E-state index >= 15 is 0 Å². The second kappa shape index (κ2) is 8.77. The van der Waals surface area contributed by atoms with Crippen molar-refractivity contribution in [1.29, 1.82) is 5.26 Å². The van der Waals surface area contributed by atoms with Gasteiger partial charge in [-0.05, 0) is 36.9 Å². The van der Waals surface area contributed by atoms with Gasteiger partial charge in [-0.3, -0.25) is 0 Å². The van der Waals surface area contributed by atoms with Crippen LogP contribution in [0.2, 0.25) is 0 Å². The molecule has 0 saturated carbocycles. The fraction of sp³-hybridized carbons (Fsp3) is 0.375. The number of rotatable bonds is 8. The van der Waals surface area contributed by atoms with Gasteiger partial charge in [0, 0.05) is 6.54 Å². The summed E-state index contributed by atoms with van der Waals surface area (Å²) in [6.07, 6.45) is 1.33. The molecule has 0 radical (unpaired) electrons. The topological polar surface area (TPSA) is 73.6 Å². The first-order chi connectivity index (χ1) is 10.1. The van der Waals surface area contributed by atoms with E-state index in [2.05, 4.69) is 18.7 Å². The largest absolute Gasteiger partial charge is 0.492 e. The predicted molar refractivity (Wildman–Crippen MR) is 81.0 cm³/mol. The first-order valence-corrected chi connectivity index (χ1v) is 6.91. The Morgan fingerprint density at radius 2 is 2.14 bits per heavy atom. The van der Waals surface area contributed by atoms with Gasteiger partial charge < -0.3 is 14.7 Å². The molecule has 0 aromatic heterocycles. The highest BCUT2D eigenvalue weighted by atomic mass is 16.5. The lowest BCUT2D eigenvalue weighted by molar-refractivity contribution is -0.132. The van der Waals surface area contributed by atoms with E-state index in [4.69, 9.17) is 15.1 Å². The van der Waals surface area contributed by atoms with Gasteiger partial charge in [-0.1, -0.05) is 26.0 Å². The van der Waals surface area contributed by atoms with Crippen molar-refractivity contribution in [2.45, 2.75) is 13.8 Å². The average Bonchev–Trinajstić information content (AvgIpc) is 2.49. The van der Waals surface area contributed by atoms with Crippen LogP contribution in [0.5, 0.6) is 5.75 Å². The van der Waals surface area contributed by atoms with Crippen molar-refractivity contribution >= 4 is 12.0 Å². The summed E-state index contributed by atoms with van der Waals surface area (Å²) in [5.41, 5.74) is 0.338. The Morgan fingerprint density at radius 3 is 2.71 bits per heavy atom. The molecule has 0 unspecified atom stereocenters.